The van der Waals surface area contributed by atoms with Gasteiger partial charge in [-0.05, 0) is 38.0 Å². The molecule has 0 unspecified atom stereocenters. The normalized spacial score (nSPS) is 12.2. The van der Waals surface area contributed by atoms with E-state index in [2.05, 4.69) is 9.55 Å². The third-order valence-electron chi connectivity index (χ3n) is 2.90. The summed E-state index contributed by atoms with van der Waals surface area (Å²) < 4.78 is 2.06. The third-order valence-corrected chi connectivity index (χ3v) is 2.90. The van der Waals surface area contributed by atoms with E-state index >= 15 is 0 Å². The van der Waals surface area contributed by atoms with Crippen LogP contribution >= 0.6 is 0 Å². The number of hydrogen-bond acceptors (Lipinski definition) is 3. The maximum atomic E-state index is 9.76. The van der Waals surface area contributed by atoms with Crippen LogP contribution in [0.5, 0.6) is 0 Å². The lowest BCUT2D eigenvalue weighted by atomic mass is 10.1. The highest BCUT2D eigenvalue weighted by molar-refractivity contribution is 5.80. The van der Waals surface area contributed by atoms with Gasteiger partial charge < -0.3 is 15.4 Å². The van der Waals surface area contributed by atoms with Crippen LogP contribution in [0.2, 0.25) is 0 Å². The maximum Gasteiger partial charge on any atom is 0.140 e. The van der Waals surface area contributed by atoms with E-state index < -0.39 is 5.60 Å². The van der Waals surface area contributed by atoms with Crippen molar-refractivity contribution in [2.75, 3.05) is 0 Å². The Morgan fingerprint density at radius 2 is 2.24 bits per heavy atom. The molecule has 0 aliphatic heterocycles. The van der Waals surface area contributed by atoms with Gasteiger partial charge >= 0.3 is 0 Å². The number of aromatic nitrogens is 2. The van der Waals surface area contributed by atoms with Crippen LogP contribution in [-0.2, 0) is 13.1 Å². The molecule has 0 radical (unpaired) electrons. The minimum absolute atomic E-state index is 0.512. The summed E-state index contributed by atoms with van der Waals surface area (Å²) >= 11 is 0. The van der Waals surface area contributed by atoms with Gasteiger partial charge in [-0.1, -0.05) is 0 Å². The van der Waals surface area contributed by atoms with Crippen molar-refractivity contribution in [3.63, 3.8) is 0 Å². The molecule has 4 nitrogen and oxygen atoms in total. The minimum atomic E-state index is -0.658. The summed E-state index contributed by atoms with van der Waals surface area (Å²) in [4.78, 5) is 4.38. The average molecular weight is 233 g/mol. The quantitative estimate of drug-likeness (QED) is 0.844. The van der Waals surface area contributed by atoms with E-state index in [0.717, 1.165) is 23.1 Å². The predicted octanol–water partition coefficient (Wildman–Crippen LogP) is 1.66. The van der Waals surface area contributed by atoms with Gasteiger partial charge in [-0.2, -0.15) is 0 Å². The molecule has 0 bridgehead atoms. The second-order valence-electron chi connectivity index (χ2n) is 4.99. The van der Waals surface area contributed by atoms with Crippen molar-refractivity contribution in [2.45, 2.75) is 39.0 Å². The highest BCUT2D eigenvalue weighted by Gasteiger charge is 2.14. The van der Waals surface area contributed by atoms with Gasteiger partial charge in [0, 0.05) is 30.9 Å². The lowest BCUT2D eigenvalue weighted by Crippen LogP contribution is -2.20. The first kappa shape index (κ1) is 12.1. The summed E-state index contributed by atoms with van der Waals surface area (Å²) in [7, 11) is 0. The molecule has 0 aromatic carbocycles. The molecule has 3 N–H and O–H groups in total. The Morgan fingerprint density at radius 3 is 2.88 bits per heavy atom. The summed E-state index contributed by atoms with van der Waals surface area (Å²) in [5, 5.41) is 10.9. The van der Waals surface area contributed by atoms with Crippen molar-refractivity contribution in [2.24, 2.45) is 5.73 Å². The van der Waals surface area contributed by atoms with Crippen LogP contribution in [0.4, 0.5) is 0 Å². The summed E-state index contributed by atoms with van der Waals surface area (Å²) in [5.41, 5.74) is 7.10. The van der Waals surface area contributed by atoms with Crippen LogP contribution in [0, 0.1) is 0 Å². The Balaban J connectivity index is 2.34. The smallest absolute Gasteiger partial charge is 0.140 e. The lowest BCUT2D eigenvalue weighted by molar-refractivity contribution is 0.0665. The Bertz CT molecular complexity index is 511. The van der Waals surface area contributed by atoms with Crippen molar-refractivity contribution in [1.82, 2.24) is 9.55 Å². The zero-order valence-corrected chi connectivity index (χ0v) is 10.3. The molecule has 0 aliphatic rings. The number of nitrogens with two attached hydrogens (primary N) is 1. The first-order chi connectivity index (χ1) is 8.01. The first-order valence-electron chi connectivity index (χ1n) is 5.86. The molecule has 2 rings (SSSR count). The van der Waals surface area contributed by atoms with Gasteiger partial charge in [-0.3, -0.25) is 0 Å². The third kappa shape index (κ3) is 2.65. The molecule has 0 aliphatic carbocycles. The van der Waals surface area contributed by atoms with Gasteiger partial charge in [0.2, 0.25) is 0 Å². The van der Waals surface area contributed by atoms with Crippen molar-refractivity contribution < 1.29 is 5.11 Å². The first-order valence-corrected chi connectivity index (χ1v) is 5.86. The summed E-state index contributed by atoms with van der Waals surface area (Å²) in [6, 6.07) is 3.95. The van der Waals surface area contributed by atoms with Gasteiger partial charge in [-0.15, -0.1) is 0 Å². The molecule has 2 aromatic rings. The second-order valence-corrected chi connectivity index (χ2v) is 4.99. The molecule has 0 amide bonds. The van der Waals surface area contributed by atoms with E-state index in [1.165, 1.54) is 0 Å². The van der Waals surface area contributed by atoms with E-state index in [4.69, 9.17) is 5.73 Å². The van der Waals surface area contributed by atoms with E-state index in [9.17, 15) is 5.11 Å². The highest BCUT2D eigenvalue weighted by atomic mass is 16.3. The standard InChI is InChI=1S/C13H19N3O/c1-13(2,17)5-7-16-9-10(8-14)11-4-3-6-15-12(11)16/h3-4,6,9,17H,5,7-8,14H2,1-2H3. The lowest BCUT2D eigenvalue weighted by Gasteiger charge is -2.17. The Morgan fingerprint density at radius 1 is 1.47 bits per heavy atom. The van der Waals surface area contributed by atoms with Crippen LogP contribution in [0.3, 0.4) is 0 Å². The molecule has 92 valence electrons. The molecular weight excluding hydrogens is 214 g/mol. The van der Waals surface area contributed by atoms with Crippen molar-refractivity contribution in [1.29, 1.82) is 0 Å². The number of fused-ring (bicyclic) bond motifs is 1. The number of hydrogen-bond donors (Lipinski definition) is 2. The van der Waals surface area contributed by atoms with Gasteiger partial charge in [0.1, 0.15) is 5.65 Å². The largest absolute Gasteiger partial charge is 0.390 e. The number of rotatable bonds is 4. The summed E-state index contributed by atoms with van der Waals surface area (Å²) in [5.74, 6) is 0. The van der Waals surface area contributed by atoms with E-state index in [-0.39, 0.29) is 0 Å². The fourth-order valence-corrected chi connectivity index (χ4v) is 1.92. The molecule has 2 aromatic heterocycles. The summed E-state index contributed by atoms with van der Waals surface area (Å²) in [6.45, 7) is 4.89. The van der Waals surface area contributed by atoms with Gasteiger partial charge in [0.15, 0.2) is 0 Å². The van der Waals surface area contributed by atoms with Crippen LogP contribution in [0.15, 0.2) is 24.5 Å². The molecule has 0 spiro atoms. The molecule has 2 heterocycles. The molecule has 17 heavy (non-hydrogen) atoms. The van der Waals surface area contributed by atoms with Crippen LogP contribution in [0.25, 0.3) is 11.0 Å². The molecule has 0 saturated heterocycles. The molecule has 0 saturated carbocycles. The maximum absolute atomic E-state index is 9.76. The number of aryl methyl sites for hydroxylation is 1. The van der Waals surface area contributed by atoms with Crippen LogP contribution < -0.4 is 5.73 Å². The van der Waals surface area contributed by atoms with E-state index in [1.54, 1.807) is 6.20 Å². The molecule has 0 atom stereocenters. The number of nitrogens with zero attached hydrogens (tertiary/aromatic N) is 2. The fourth-order valence-electron chi connectivity index (χ4n) is 1.92. The van der Waals surface area contributed by atoms with Gasteiger partial charge in [0.05, 0.1) is 5.60 Å². The van der Waals surface area contributed by atoms with Crippen molar-refractivity contribution in [3.05, 3.63) is 30.1 Å². The van der Waals surface area contributed by atoms with E-state index in [1.807, 2.05) is 32.2 Å². The molecular formula is C13H19N3O. The van der Waals surface area contributed by atoms with Crippen molar-refractivity contribution in [3.8, 4) is 0 Å². The fraction of sp³-hybridized carbons (Fsp3) is 0.462. The monoisotopic (exact) mass is 233 g/mol. The number of aliphatic hydroxyl groups is 1. The van der Waals surface area contributed by atoms with E-state index in [0.29, 0.717) is 13.0 Å². The molecule has 4 heteroatoms. The number of pyridine rings is 1. The van der Waals surface area contributed by atoms with Gasteiger partial charge in [0.25, 0.3) is 0 Å². The van der Waals surface area contributed by atoms with Crippen molar-refractivity contribution >= 4 is 11.0 Å². The minimum Gasteiger partial charge on any atom is -0.390 e. The van der Waals surface area contributed by atoms with Crippen LogP contribution in [-0.4, -0.2) is 20.3 Å². The van der Waals surface area contributed by atoms with Gasteiger partial charge in [-0.25, -0.2) is 4.98 Å². The summed E-state index contributed by atoms with van der Waals surface area (Å²) in [6.07, 6.45) is 4.50. The highest BCUT2D eigenvalue weighted by Crippen LogP contribution is 2.20. The molecule has 0 fully saturated rings. The zero-order chi connectivity index (χ0) is 12.5. The Labute approximate surface area is 101 Å². The zero-order valence-electron chi connectivity index (χ0n) is 10.3. The van der Waals surface area contributed by atoms with Crippen LogP contribution in [0.1, 0.15) is 25.8 Å². The Hall–Kier alpha value is -1.39. The topological polar surface area (TPSA) is 64.1 Å². The Kier molecular flexibility index (Phi) is 3.17. The SMILES string of the molecule is CC(C)(O)CCn1cc(CN)c2cccnc21. The predicted molar refractivity (Wildman–Crippen MR) is 68.5 cm³/mol. The average Bonchev–Trinajstić information content (AvgIpc) is 2.64. The second kappa shape index (κ2) is 4.47.